The van der Waals surface area contributed by atoms with Crippen molar-refractivity contribution < 1.29 is 14.3 Å². The first-order valence-corrected chi connectivity index (χ1v) is 8.55. The number of benzene rings is 1. The highest BCUT2D eigenvalue weighted by molar-refractivity contribution is 5.97. The van der Waals surface area contributed by atoms with Crippen molar-refractivity contribution in [1.82, 2.24) is 9.55 Å². The van der Waals surface area contributed by atoms with Gasteiger partial charge in [-0.1, -0.05) is 37.3 Å². The van der Waals surface area contributed by atoms with Crippen LogP contribution in [0.2, 0.25) is 0 Å². The number of Topliss-reactive ketones (excluding diaryl/α,β-unsaturated/α-hetero) is 1. The number of rotatable bonds is 7. The average molecular weight is 352 g/mol. The lowest BCUT2D eigenvalue weighted by Gasteiger charge is -2.12. The largest absolute Gasteiger partial charge is 0.491 e. The van der Waals surface area contributed by atoms with Crippen molar-refractivity contribution >= 4 is 23.0 Å². The van der Waals surface area contributed by atoms with Gasteiger partial charge < -0.3 is 14.3 Å². The van der Waals surface area contributed by atoms with Crippen LogP contribution in [0.3, 0.4) is 0 Å². The highest BCUT2D eigenvalue weighted by atomic mass is 16.5. The highest BCUT2D eigenvalue weighted by Crippen LogP contribution is 2.27. The summed E-state index contributed by atoms with van der Waals surface area (Å²) in [7, 11) is 0. The van der Waals surface area contributed by atoms with Gasteiger partial charge in [-0.05, 0) is 19.4 Å². The van der Waals surface area contributed by atoms with Gasteiger partial charge in [0, 0.05) is 11.3 Å². The Balaban J connectivity index is 2.16. The summed E-state index contributed by atoms with van der Waals surface area (Å²) in [6.45, 7) is 3.96. The van der Waals surface area contributed by atoms with Gasteiger partial charge in [-0.15, -0.1) is 0 Å². The molecule has 0 radical (unpaired) electrons. The van der Waals surface area contributed by atoms with Gasteiger partial charge in [0.1, 0.15) is 11.1 Å². The summed E-state index contributed by atoms with van der Waals surface area (Å²) < 4.78 is 6.98. The Bertz CT molecular complexity index is 1020. The summed E-state index contributed by atoms with van der Waals surface area (Å²) in [5.74, 6) is 0.0944. The number of H-pyrrole nitrogens is 1. The van der Waals surface area contributed by atoms with E-state index in [-0.39, 0.29) is 29.3 Å². The molecule has 0 spiro atoms. The zero-order chi connectivity index (χ0) is 18.7. The van der Waals surface area contributed by atoms with Gasteiger partial charge in [0.25, 0.3) is 5.56 Å². The van der Waals surface area contributed by atoms with Gasteiger partial charge >= 0.3 is 0 Å². The van der Waals surface area contributed by atoms with E-state index in [2.05, 4.69) is 4.98 Å². The Hall–Kier alpha value is -3.15. The van der Waals surface area contributed by atoms with Gasteiger partial charge in [0.2, 0.25) is 0 Å². The quantitative estimate of drug-likeness (QED) is 0.523. The summed E-state index contributed by atoms with van der Waals surface area (Å²) in [5.41, 5.74) is 1.70. The SMILES string of the molecule is CCOc1c(C=O)[nH]c2cc(CC)n(CC(=O)c3ccccc3)c(=O)c12. The predicted octanol–water partition coefficient (Wildman–Crippen LogP) is 2.99. The smallest absolute Gasteiger partial charge is 0.264 e. The minimum Gasteiger partial charge on any atom is -0.491 e. The van der Waals surface area contributed by atoms with Crippen molar-refractivity contribution in [1.29, 1.82) is 0 Å². The summed E-state index contributed by atoms with van der Waals surface area (Å²) in [4.78, 5) is 39.9. The van der Waals surface area contributed by atoms with Gasteiger partial charge in [-0.2, -0.15) is 0 Å². The van der Waals surface area contributed by atoms with Crippen LogP contribution in [-0.2, 0) is 13.0 Å². The molecule has 2 heterocycles. The van der Waals surface area contributed by atoms with E-state index in [1.54, 1.807) is 37.3 Å². The minimum atomic E-state index is -0.337. The fourth-order valence-corrected chi connectivity index (χ4v) is 3.05. The zero-order valence-corrected chi connectivity index (χ0v) is 14.7. The first-order valence-electron chi connectivity index (χ1n) is 8.55. The van der Waals surface area contributed by atoms with Gasteiger partial charge in [0.15, 0.2) is 17.8 Å². The summed E-state index contributed by atoms with van der Waals surface area (Å²) in [6.07, 6.45) is 1.21. The number of fused-ring (bicyclic) bond motifs is 1. The van der Waals surface area contributed by atoms with Crippen LogP contribution in [0.15, 0.2) is 41.2 Å². The minimum absolute atomic E-state index is 0.0604. The number of ether oxygens (including phenoxy) is 1. The summed E-state index contributed by atoms with van der Waals surface area (Å²) in [5, 5.41) is 0.298. The number of hydrogen-bond donors (Lipinski definition) is 1. The number of aldehydes is 1. The van der Waals surface area contributed by atoms with Crippen molar-refractivity contribution in [3.8, 4) is 5.75 Å². The van der Waals surface area contributed by atoms with Crippen molar-refractivity contribution in [2.75, 3.05) is 6.61 Å². The lowest BCUT2D eigenvalue weighted by atomic mass is 10.1. The molecule has 2 aromatic heterocycles. The molecule has 6 heteroatoms. The van der Waals surface area contributed by atoms with E-state index in [9.17, 15) is 14.4 Å². The third-order valence-corrected chi connectivity index (χ3v) is 4.29. The van der Waals surface area contributed by atoms with Crippen LogP contribution in [0.4, 0.5) is 0 Å². The first kappa shape index (κ1) is 17.7. The number of aromatic amines is 1. The number of pyridine rings is 1. The standard InChI is InChI=1S/C20H20N2O4/c1-3-14-10-15-18(19(26-4-2)16(12-23)21-15)20(25)22(14)11-17(24)13-8-6-5-7-9-13/h5-10,12,21H,3-4,11H2,1-2H3. The Kier molecular flexibility index (Phi) is 5.02. The Morgan fingerprint density at radius 2 is 1.96 bits per heavy atom. The molecule has 3 aromatic rings. The molecule has 0 atom stereocenters. The number of hydrogen-bond acceptors (Lipinski definition) is 4. The van der Waals surface area contributed by atoms with Gasteiger partial charge in [-0.3, -0.25) is 14.4 Å². The van der Waals surface area contributed by atoms with Crippen LogP contribution in [0.5, 0.6) is 5.75 Å². The van der Waals surface area contributed by atoms with Crippen molar-refractivity contribution in [2.45, 2.75) is 26.8 Å². The molecule has 0 aliphatic heterocycles. The number of carbonyl (C=O) groups is 2. The van der Waals surface area contributed by atoms with E-state index in [1.165, 1.54) is 4.57 Å². The molecule has 0 saturated carbocycles. The maximum atomic E-state index is 13.1. The number of nitrogens with one attached hydrogen (secondary N) is 1. The monoisotopic (exact) mass is 352 g/mol. The van der Waals surface area contributed by atoms with E-state index < -0.39 is 0 Å². The third-order valence-electron chi connectivity index (χ3n) is 4.29. The van der Waals surface area contributed by atoms with Crippen molar-refractivity contribution in [3.63, 3.8) is 0 Å². The van der Waals surface area contributed by atoms with Crippen LogP contribution in [-0.4, -0.2) is 28.2 Å². The normalized spacial score (nSPS) is 10.8. The van der Waals surface area contributed by atoms with Crippen LogP contribution < -0.4 is 10.3 Å². The second-order valence-corrected chi connectivity index (χ2v) is 5.88. The zero-order valence-electron chi connectivity index (χ0n) is 14.7. The maximum absolute atomic E-state index is 13.1. The second kappa shape index (κ2) is 7.39. The molecule has 3 rings (SSSR count). The third kappa shape index (κ3) is 3.06. The Labute approximate surface area is 150 Å². The van der Waals surface area contributed by atoms with E-state index in [0.29, 0.717) is 41.5 Å². The molecule has 0 amide bonds. The Morgan fingerprint density at radius 3 is 2.58 bits per heavy atom. The van der Waals surface area contributed by atoms with E-state index >= 15 is 0 Å². The number of carbonyl (C=O) groups excluding carboxylic acids is 2. The number of nitrogens with zero attached hydrogens (tertiary/aromatic N) is 1. The predicted molar refractivity (Wildman–Crippen MR) is 99.3 cm³/mol. The van der Waals surface area contributed by atoms with Crippen molar-refractivity contribution in [3.05, 3.63) is 63.7 Å². The van der Waals surface area contributed by atoms with Crippen molar-refractivity contribution in [2.24, 2.45) is 0 Å². The Morgan fingerprint density at radius 1 is 1.23 bits per heavy atom. The maximum Gasteiger partial charge on any atom is 0.264 e. The van der Waals surface area contributed by atoms with E-state index in [4.69, 9.17) is 4.74 Å². The lowest BCUT2D eigenvalue weighted by molar-refractivity contribution is 0.0969. The molecule has 0 saturated heterocycles. The number of aryl methyl sites for hydroxylation is 1. The molecule has 6 nitrogen and oxygen atoms in total. The molecule has 0 aliphatic carbocycles. The van der Waals surface area contributed by atoms with Crippen LogP contribution in [0.25, 0.3) is 10.9 Å². The molecular formula is C20H20N2O4. The molecule has 0 fully saturated rings. The van der Waals surface area contributed by atoms with E-state index in [0.717, 1.165) is 0 Å². The van der Waals surface area contributed by atoms with Crippen LogP contribution >= 0.6 is 0 Å². The fraction of sp³-hybridized carbons (Fsp3) is 0.250. The van der Waals surface area contributed by atoms with Crippen LogP contribution in [0.1, 0.15) is 40.4 Å². The molecular weight excluding hydrogens is 332 g/mol. The van der Waals surface area contributed by atoms with E-state index in [1.807, 2.05) is 13.0 Å². The molecule has 0 bridgehead atoms. The lowest BCUT2D eigenvalue weighted by Crippen LogP contribution is -2.27. The molecule has 134 valence electrons. The summed E-state index contributed by atoms with van der Waals surface area (Å²) in [6, 6.07) is 10.7. The fourth-order valence-electron chi connectivity index (χ4n) is 3.05. The molecule has 1 aromatic carbocycles. The summed E-state index contributed by atoms with van der Waals surface area (Å²) >= 11 is 0. The average Bonchev–Trinajstić information content (AvgIpc) is 3.02. The topological polar surface area (TPSA) is 81.2 Å². The molecule has 0 aliphatic rings. The van der Waals surface area contributed by atoms with Gasteiger partial charge in [-0.25, -0.2) is 0 Å². The van der Waals surface area contributed by atoms with Crippen LogP contribution in [0, 0.1) is 0 Å². The first-order chi connectivity index (χ1) is 12.6. The second-order valence-electron chi connectivity index (χ2n) is 5.88. The molecule has 26 heavy (non-hydrogen) atoms. The molecule has 0 unspecified atom stereocenters. The number of aromatic nitrogens is 2. The number of ketones is 1. The highest BCUT2D eigenvalue weighted by Gasteiger charge is 2.20. The molecule has 1 N–H and O–H groups in total. The van der Waals surface area contributed by atoms with Gasteiger partial charge in [0.05, 0.1) is 18.7 Å².